The standard InChI is InChI=1S/C23H27F3N6O4/c1-30-12-16(19(29-30)23(24,25)26)21(34)28-27-20(33)14-6-4-13(5-7-14)11-32-18-10-15(36-3)8-9-17(18)31(2)22(32)35/h8-10,12-14,16H,4-7,11H2,1-3H3,(H-,27,28,33,34)/p+1. The first-order valence-corrected chi connectivity index (χ1v) is 11.6. The lowest BCUT2D eigenvalue weighted by molar-refractivity contribution is -0.495. The van der Waals surface area contributed by atoms with E-state index in [1.165, 1.54) is 7.05 Å². The van der Waals surface area contributed by atoms with Crippen LogP contribution < -0.4 is 21.3 Å². The molecule has 1 aromatic carbocycles. The van der Waals surface area contributed by atoms with Crippen LogP contribution in [0.15, 0.2) is 28.1 Å². The molecule has 1 saturated carbocycles. The van der Waals surface area contributed by atoms with Crippen molar-refractivity contribution >= 4 is 34.8 Å². The van der Waals surface area contributed by atoms with E-state index in [9.17, 15) is 27.6 Å². The van der Waals surface area contributed by atoms with Gasteiger partial charge in [-0.15, -0.1) is 0 Å². The molecule has 1 aliphatic carbocycles. The number of hydrogen-bond acceptors (Lipinski definition) is 5. The molecule has 2 heterocycles. The highest BCUT2D eigenvalue weighted by molar-refractivity contribution is 6.18. The number of imidazole rings is 1. The maximum atomic E-state index is 13.1. The summed E-state index contributed by atoms with van der Waals surface area (Å²) >= 11 is 0. The Morgan fingerprint density at radius 3 is 2.44 bits per heavy atom. The summed E-state index contributed by atoms with van der Waals surface area (Å²) in [7, 11) is 4.57. The average molecular weight is 510 g/mol. The zero-order chi connectivity index (χ0) is 26.2. The smallest absolute Gasteiger partial charge is 0.436 e. The molecule has 4 rings (SSSR count). The summed E-state index contributed by atoms with van der Waals surface area (Å²) in [5.74, 6) is -2.67. The number of halogens is 3. The quantitative estimate of drug-likeness (QED) is 0.471. The van der Waals surface area contributed by atoms with Gasteiger partial charge in [0.15, 0.2) is 19.2 Å². The van der Waals surface area contributed by atoms with Gasteiger partial charge in [-0.05, 0) is 43.7 Å². The van der Waals surface area contributed by atoms with Gasteiger partial charge in [-0.25, -0.2) is 4.79 Å². The Morgan fingerprint density at radius 2 is 1.81 bits per heavy atom. The van der Waals surface area contributed by atoms with Crippen molar-refractivity contribution < 1.29 is 32.2 Å². The number of carbonyl (C=O) groups is 2. The molecule has 194 valence electrons. The number of amides is 2. The Kier molecular flexibility index (Phi) is 6.92. The molecule has 1 aromatic heterocycles. The number of aryl methyl sites for hydroxylation is 1. The van der Waals surface area contributed by atoms with Gasteiger partial charge in [0, 0.05) is 30.7 Å². The van der Waals surface area contributed by atoms with Crippen molar-refractivity contribution in [3.63, 3.8) is 0 Å². The number of nitrogens with one attached hydrogen (secondary N) is 2. The minimum atomic E-state index is -4.76. The SMILES string of the molecule is COc1ccc2c(c1)n(CC1CCC(C(=O)NNC(=O)C3C=[N+](C)N=C3C(F)(F)F)CC1)c(=O)n2C. The van der Waals surface area contributed by atoms with Crippen LogP contribution in [-0.2, 0) is 23.2 Å². The molecule has 1 atom stereocenters. The summed E-state index contributed by atoms with van der Waals surface area (Å²) < 4.78 is 48.8. The molecule has 0 spiro atoms. The second kappa shape index (κ2) is 9.78. The van der Waals surface area contributed by atoms with E-state index in [1.54, 1.807) is 29.4 Å². The zero-order valence-corrected chi connectivity index (χ0v) is 20.1. The number of rotatable bonds is 5. The number of benzene rings is 1. The lowest BCUT2D eigenvalue weighted by atomic mass is 9.81. The summed E-state index contributed by atoms with van der Waals surface area (Å²) in [5.41, 5.74) is 4.57. The first kappa shape index (κ1) is 25.5. The molecule has 1 aliphatic heterocycles. The van der Waals surface area contributed by atoms with Gasteiger partial charge in [0.1, 0.15) is 5.75 Å². The predicted octanol–water partition coefficient (Wildman–Crippen LogP) is 1.56. The summed E-state index contributed by atoms with van der Waals surface area (Å²) in [6, 6.07) is 5.47. The van der Waals surface area contributed by atoms with Crippen LogP contribution in [0.25, 0.3) is 11.0 Å². The predicted molar refractivity (Wildman–Crippen MR) is 125 cm³/mol. The number of nitrogens with zero attached hydrogens (tertiary/aromatic N) is 4. The van der Waals surface area contributed by atoms with E-state index in [0.717, 1.165) is 21.9 Å². The highest BCUT2D eigenvalue weighted by Crippen LogP contribution is 2.31. The zero-order valence-electron chi connectivity index (χ0n) is 20.1. The maximum absolute atomic E-state index is 13.1. The molecular weight excluding hydrogens is 481 g/mol. The van der Waals surface area contributed by atoms with Crippen LogP contribution in [-0.4, -0.2) is 57.9 Å². The fraction of sp³-hybridized carbons (Fsp3) is 0.522. The third kappa shape index (κ3) is 5.00. The third-order valence-corrected chi connectivity index (χ3v) is 6.82. The minimum absolute atomic E-state index is 0.128. The number of hydrazone groups is 1. The molecule has 0 radical (unpaired) electrons. The number of ether oxygens (including phenoxy) is 1. The summed E-state index contributed by atoms with van der Waals surface area (Å²) in [6.07, 6.45) is -1.30. The molecule has 2 amide bonds. The van der Waals surface area contributed by atoms with Crippen molar-refractivity contribution in [1.29, 1.82) is 0 Å². The molecular formula is C23H28F3N6O4+. The van der Waals surface area contributed by atoms with E-state index >= 15 is 0 Å². The largest absolute Gasteiger partial charge is 0.497 e. The molecule has 2 aromatic rings. The number of hydrogen-bond donors (Lipinski definition) is 2. The highest BCUT2D eigenvalue weighted by Gasteiger charge is 2.50. The van der Waals surface area contributed by atoms with Crippen molar-refractivity contribution in [2.45, 2.75) is 38.4 Å². The monoisotopic (exact) mass is 509 g/mol. The first-order valence-electron chi connectivity index (χ1n) is 11.6. The first-order chi connectivity index (χ1) is 17.0. The van der Waals surface area contributed by atoms with Gasteiger partial charge in [-0.3, -0.25) is 29.6 Å². The number of alkyl halides is 3. The van der Waals surface area contributed by atoms with Gasteiger partial charge in [0.25, 0.3) is 5.91 Å². The Bertz CT molecular complexity index is 1300. The van der Waals surface area contributed by atoms with Gasteiger partial charge < -0.3 is 4.74 Å². The molecule has 36 heavy (non-hydrogen) atoms. The van der Waals surface area contributed by atoms with Gasteiger partial charge in [-0.1, -0.05) is 4.68 Å². The molecule has 13 heteroatoms. The molecule has 1 fully saturated rings. The van der Waals surface area contributed by atoms with E-state index in [-0.39, 0.29) is 11.6 Å². The van der Waals surface area contributed by atoms with Gasteiger partial charge in [0.2, 0.25) is 11.6 Å². The lowest BCUT2D eigenvalue weighted by Crippen LogP contribution is -2.50. The van der Waals surface area contributed by atoms with Gasteiger partial charge in [-0.2, -0.15) is 13.2 Å². The van der Waals surface area contributed by atoms with E-state index in [4.69, 9.17) is 4.74 Å². The summed E-state index contributed by atoms with van der Waals surface area (Å²) in [5, 5.41) is 3.32. The lowest BCUT2D eigenvalue weighted by Gasteiger charge is -2.28. The Labute approximate surface area is 204 Å². The topological polar surface area (TPSA) is 110 Å². The average Bonchev–Trinajstić information content (AvgIpc) is 3.36. The Balaban J connectivity index is 1.32. The van der Waals surface area contributed by atoms with Crippen LogP contribution in [0, 0.1) is 17.8 Å². The molecule has 10 nitrogen and oxygen atoms in total. The summed E-state index contributed by atoms with van der Waals surface area (Å²) in [6.45, 7) is 0.499. The van der Waals surface area contributed by atoms with Crippen LogP contribution in [0.4, 0.5) is 13.2 Å². The van der Waals surface area contributed by atoms with Crippen LogP contribution in [0.1, 0.15) is 25.7 Å². The maximum Gasteiger partial charge on any atom is 0.436 e. The third-order valence-electron chi connectivity index (χ3n) is 6.82. The van der Waals surface area contributed by atoms with Crippen molar-refractivity contribution in [2.75, 3.05) is 14.2 Å². The number of aromatic nitrogens is 2. The molecule has 0 bridgehead atoms. The number of methoxy groups -OCH3 is 1. The number of hydrazine groups is 1. The fourth-order valence-corrected chi connectivity index (χ4v) is 4.84. The molecule has 2 N–H and O–H groups in total. The van der Waals surface area contributed by atoms with Crippen LogP contribution >= 0.6 is 0 Å². The van der Waals surface area contributed by atoms with E-state index in [1.807, 2.05) is 12.1 Å². The van der Waals surface area contributed by atoms with Gasteiger partial charge in [0.05, 0.1) is 18.1 Å². The van der Waals surface area contributed by atoms with Crippen molar-refractivity contribution in [2.24, 2.45) is 29.9 Å². The number of fused-ring (bicyclic) bond motifs is 1. The van der Waals surface area contributed by atoms with E-state index in [0.29, 0.717) is 38.0 Å². The van der Waals surface area contributed by atoms with Crippen molar-refractivity contribution in [3.05, 3.63) is 28.7 Å². The van der Waals surface area contributed by atoms with Crippen LogP contribution in [0.5, 0.6) is 5.75 Å². The normalized spacial score (nSPS) is 22.2. The molecule has 0 saturated heterocycles. The van der Waals surface area contributed by atoms with Crippen molar-refractivity contribution in [1.82, 2.24) is 20.0 Å². The Hall–Kier alpha value is -3.64. The van der Waals surface area contributed by atoms with Crippen LogP contribution in [0.2, 0.25) is 0 Å². The summed E-state index contributed by atoms with van der Waals surface area (Å²) in [4.78, 5) is 37.6. The molecule has 2 aliphatic rings. The second-order valence-corrected chi connectivity index (χ2v) is 9.19. The highest BCUT2D eigenvalue weighted by atomic mass is 19.4. The number of carbonyl (C=O) groups excluding carboxylic acids is 2. The van der Waals surface area contributed by atoms with Crippen LogP contribution in [0.3, 0.4) is 0 Å². The second-order valence-electron chi connectivity index (χ2n) is 9.19. The van der Waals surface area contributed by atoms with E-state index in [2.05, 4.69) is 16.0 Å². The Morgan fingerprint density at radius 1 is 1.14 bits per heavy atom. The minimum Gasteiger partial charge on any atom is -0.497 e. The van der Waals surface area contributed by atoms with Gasteiger partial charge >= 0.3 is 11.9 Å². The fourth-order valence-electron chi connectivity index (χ4n) is 4.84. The molecule has 1 unspecified atom stereocenters. The van der Waals surface area contributed by atoms with E-state index < -0.39 is 35.5 Å². The van der Waals surface area contributed by atoms with Crippen molar-refractivity contribution in [3.8, 4) is 5.75 Å².